The highest BCUT2D eigenvalue weighted by molar-refractivity contribution is 7.18. The summed E-state index contributed by atoms with van der Waals surface area (Å²) in [7, 11) is 0. The van der Waals surface area contributed by atoms with E-state index in [1.807, 2.05) is 13.0 Å². The number of carbonyl (C=O) groups excluding carboxylic acids is 2. The van der Waals surface area contributed by atoms with Crippen LogP contribution in [0, 0.1) is 6.92 Å². The van der Waals surface area contributed by atoms with Gasteiger partial charge in [0.15, 0.2) is 11.4 Å². The van der Waals surface area contributed by atoms with Crippen molar-refractivity contribution in [1.29, 1.82) is 0 Å². The van der Waals surface area contributed by atoms with E-state index in [9.17, 15) is 14.7 Å². The van der Waals surface area contributed by atoms with Gasteiger partial charge in [-0.15, -0.1) is 11.3 Å². The van der Waals surface area contributed by atoms with Gasteiger partial charge in [0.05, 0.1) is 15.6 Å². The van der Waals surface area contributed by atoms with E-state index in [1.54, 1.807) is 24.3 Å². The highest BCUT2D eigenvalue weighted by atomic mass is 35.5. The summed E-state index contributed by atoms with van der Waals surface area (Å²) in [5.74, 6) is -0.877. The maximum Gasteiger partial charge on any atom is 0.261 e. The number of hydrogen-bond donors (Lipinski definition) is 2. The third kappa shape index (κ3) is 2.37. The van der Waals surface area contributed by atoms with E-state index < -0.39 is 11.5 Å². The summed E-state index contributed by atoms with van der Waals surface area (Å²) in [6, 6.07) is 8.51. The average molecular weight is 322 g/mol. The third-order valence-electron chi connectivity index (χ3n) is 3.51. The number of aliphatic hydroxyl groups is 1. The molecular formula is C15H12ClNO3S. The molecule has 3 rings (SSSR count). The second kappa shape index (κ2) is 4.94. The number of halogens is 1. The number of anilines is 1. The van der Waals surface area contributed by atoms with Crippen LogP contribution in [0.4, 0.5) is 5.69 Å². The number of benzene rings is 1. The van der Waals surface area contributed by atoms with Crippen LogP contribution < -0.4 is 5.32 Å². The van der Waals surface area contributed by atoms with Gasteiger partial charge in [0.25, 0.3) is 5.91 Å². The number of amides is 1. The minimum absolute atomic E-state index is 0.299. The lowest BCUT2D eigenvalue weighted by Gasteiger charge is -2.19. The number of nitrogens with one attached hydrogen (secondary N) is 1. The highest BCUT2D eigenvalue weighted by Crippen LogP contribution is 2.40. The van der Waals surface area contributed by atoms with E-state index in [0.29, 0.717) is 20.5 Å². The fraction of sp³-hybridized carbons (Fsp3) is 0.200. The zero-order valence-electron chi connectivity index (χ0n) is 11.1. The summed E-state index contributed by atoms with van der Waals surface area (Å²) in [5.41, 5.74) is 0.0819. The normalized spacial score (nSPS) is 20.2. The lowest BCUT2D eigenvalue weighted by Crippen LogP contribution is -2.36. The zero-order chi connectivity index (χ0) is 15.2. The predicted octanol–water partition coefficient (Wildman–Crippen LogP) is 3.12. The highest BCUT2D eigenvalue weighted by Gasteiger charge is 2.46. The molecule has 2 aromatic rings. The monoisotopic (exact) mass is 321 g/mol. The molecule has 0 radical (unpaired) electrons. The maximum absolute atomic E-state index is 12.3. The first-order valence-electron chi connectivity index (χ1n) is 6.33. The van der Waals surface area contributed by atoms with Gasteiger partial charge in [0.2, 0.25) is 0 Å². The molecular weight excluding hydrogens is 310 g/mol. The molecule has 0 unspecified atom stereocenters. The van der Waals surface area contributed by atoms with Crippen LogP contribution in [-0.2, 0) is 10.4 Å². The van der Waals surface area contributed by atoms with Crippen LogP contribution >= 0.6 is 22.9 Å². The van der Waals surface area contributed by atoms with Crippen LogP contribution in [0.5, 0.6) is 0 Å². The van der Waals surface area contributed by atoms with Crippen molar-refractivity contribution < 1.29 is 14.7 Å². The molecule has 1 aliphatic heterocycles. The van der Waals surface area contributed by atoms with Crippen LogP contribution in [0.25, 0.3) is 0 Å². The van der Waals surface area contributed by atoms with Crippen LogP contribution in [0.15, 0.2) is 30.3 Å². The molecule has 1 aromatic carbocycles. The molecule has 4 nitrogen and oxygen atoms in total. The van der Waals surface area contributed by atoms with E-state index in [0.717, 1.165) is 16.9 Å². The molecule has 0 saturated carbocycles. The molecule has 1 amide bonds. The predicted molar refractivity (Wildman–Crippen MR) is 82.0 cm³/mol. The van der Waals surface area contributed by atoms with Crippen molar-refractivity contribution in [3.05, 3.63) is 50.7 Å². The van der Waals surface area contributed by atoms with Gasteiger partial charge in [-0.1, -0.05) is 29.3 Å². The number of rotatable bonds is 3. The molecule has 2 heterocycles. The van der Waals surface area contributed by atoms with Gasteiger partial charge < -0.3 is 10.4 Å². The second-order valence-corrected chi connectivity index (χ2v) is 6.78. The SMILES string of the molecule is Cc1ccc2c(c1)[C@@](O)(CC(=O)c1ccc(Cl)s1)C(=O)N2. The van der Waals surface area contributed by atoms with Gasteiger partial charge in [0.1, 0.15) is 0 Å². The van der Waals surface area contributed by atoms with Crippen molar-refractivity contribution >= 4 is 40.3 Å². The second-order valence-electron chi connectivity index (χ2n) is 5.07. The topological polar surface area (TPSA) is 66.4 Å². The summed E-state index contributed by atoms with van der Waals surface area (Å²) in [4.78, 5) is 24.8. The largest absolute Gasteiger partial charge is 0.375 e. The molecule has 0 saturated heterocycles. The van der Waals surface area contributed by atoms with E-state index in [4.69, 9.17) is 11.6 Å². The summed E-state index contributed by atoms with van der Waals surface area (Å²) in [6.45, 7) is 1.87. The van der Waals surface area contributed by atoms with Gasteiger partial charge >= 0.3 is 0 Å². The Balaban J connectivity index is 1.96. The lowest BCUT2D eigenvalue weighted by atomic mass is 9.89. The smallest absolute Gasteiger partial charge is 0.261 e. The van der Waals surface area contributed by atoms with Gasteiger partial charge in [-0.2, -0.15) is 0 Å². The minimum Gasteiger partial charge on any atom is -0.375 e. The van der Waals surface area contributed by atoms with Gasteiger partial charge in [-0.05, 0) is 25.1 Å². The molecule has 6 heteroatoms. The molecule has 1 aromatic heterocycles. The molecule has 21 heavy (non-hydrogen) atoms. The Morgan fingerprint density at radius 2 is 2.14 bits per heavy atom. The van der Waals surface area contributed by atoms with E-state index in [-0.39, 0.29) is 12.2 Å². The van der Waals surface area contributed by atoms with E-state index in [2.05, 4.69) is 5.32 Å². The first kappa shape index (κ1) is 14.3. The van der Waals surface area contributed by atoms with E-state index in [1.165, 1.54) is 0 Å². The Labute approximate surface area is 130 Å². The first-order chi connectivity index (χ1) is 9.90. The standard InChI is InChI=1S/C15H12ClNO3S/c1-8-2-3-10-9(6-8)15(20,14(19)17-10)7-11(18)12-4-5-13(16)21-12/h2-6,20H,7H2,1H3,(H,17,19)/t15-/m0/s1. The van der Waals surface area contributed by atoms with Crippen molar-refractivity contribution in [2.45, 2.75) is 18.9 Å². The number of hydrogen-bond acceptors (Lipinski definition) is 4. The minimum atomic E-state index is -1.82. The zero-order valence-corrected chi connectivity index (χ0v) is 12.7. The lowest BCUT2D eigenvalue weighted by molar-refractivity contribution is -0.133. The Bertz CT molecular complexity index is 755. The fourth-order valence-electron chi connectivity index (χ4n) is 2.42. The number of carbonyl (C=O) groups is 2. The molecule has 0 aliphatic carbocycles. The van der Waals surface area contributed by atoms with Crippen LogP contribution in [-0.4, -0.2) is 16.8 Å². The number of Topliss-reactive ketones (excluding diaryl/α,β-unsaturated/α-hetero) is 1. The van der Waals surface area contributed by atoms with Crippen molar-refractivity contribution in [3.8, 4) is 0 Å². The summed E-state index contributed by atoms with van der Waals surface area (Å²) >= 11 is 6.95. The summed E-state index contributed by atoms with van der Waals surface area (Å²) in [5, 5.41) is 13.3. The van der Waals surface area contributed by atoms with Crippen molar-refractivity contribution in [3.63, 3.8) is 0 Å². The Morgan fingerprint density at radius 1 is 1.38 bits per heavy atom. The van der Waals surface area contributed by atoms with Crippen LogP contribution in [0.3, 0.4) is 0 Å². The van der Waals surface area contributed by atoms with Crippen molar-refractivity contribution in [1.82, 2.24) is 0 Å². The maximum atomic E-state index is 12.3. The Hall–Kier alpha value is -1.69. The summed E-state index contributed by atoms with van der Waals surface area (Å²) in [6.07, 6.45) is -0.299. The van der Waals surface area contributed by atoms with Crippen molar-refractivity contribution in [2.75, 3.05) is 5.32 Å². The summed E-state index contributed by atoms with van der Waals surface area (Å²) < 4.78 is 0.498. The molecule has 0 spiro atoms. The molecule has 1 atom stereocenters. The van der Waals surface area contributed by atoms with Crippen LogP contribution in [0.1, 0.15) is 27.2 Å². The average Bonchev–Trinajstić information content (AvgIpc) is 2.95. The van der Waals surface area contributed by atoms with Gasteiger partial charge in [-0.3, -0.25) is 9.59 Å². The number of thiophene rings is 1. The molecule has 108 valence electrons. The van der Waals surface area contributed by atoms with Crippen molar-refractivity contribution in [2.24, 2.45) is 0 Å². The third-order valence-corrected chi connectivity index (χ3v) is 4.78. The molecule has 0 fully saturated rings. The number of fused-ring (bicyclic) bond motifs is 1. The number of aryl methyl sites for hydroxylation is 1. The fourth-order valence-corrected chi connectivity index (χ4v) is 3.40. The quantitative estimate of drug-likeness (QED) is 0.854. The van der Waals surface area contributed by atoms with E-state index >= 15 is 0 Å². The van der Waals surface area contributed by atoms with Crippen LogP contribution in [0.2, 0.25) is 4.34 Å². The number of ketones is 1. The molecule has 1 aliphatic rings. The Morgan fingerprint density at radius 3 is 2.81 bits per heavy atom. The molecule has 0 bridgehead atoms. The van der Waals surface area contributed by atoms with Gasteiger partial charge in [-0.25, -0.2) is 0 Å². The van der Waals surface area contributed by atoms with Gasteiger partial charge in [0, 0.05) is 11.3 Å². The first-order valence-corrected chi connectivity index (χ1v) is 7.53. The molecule has 2 N–H and O–H groups in total. The Kier molecular flexibility index (Phi) is 3.36.